The fourth-order valence-electron chi connectivity index (χ4n) is 2.01. The summed E-state index contributed by atoms with van der Waals surface area (Å²) in [5.41, 5.74) is 1.68. The molecule has 0 radical (unpaired) electrons. The SMILES string of the molecule is O=C1CCN(C(c2ccc([N+](=O)[O-])cc2)C(F)(F)F)N1. The number of hydrazine groups is 1. The quantitative estimate of drug-likeness (QED) is 0.681. The summed E-state index contributed by atoms with van der Waals surface area (Å²) in [5.74, 6) is -0.485. The summed E-state index contributed by atoms with van der Waals surface area (Å²) in [6, 6.07) is 2.08. The van der Waals surface area contributed by atoms with Crippen molar-refractivity contribution in [3.63, 3.8) is 0 Å². The molecule has 2 rings (SSSR count). The number of non-ortho nitro benzene ring substituents is 1. The lowest BCUT2D eigenvalue weighted by Crippen LogP contribution is -2.43. The second-order valence-electron chi connectivity index (χ2n) is 4.27. The van der Waals surface area contributed by atoms with Crippen LogP contribution in [0.4, 0.5) is 18.9 Å². The molecule has 0 aliphatic carbocycles. The van der Waals surface area contributed by atoms with E-state index in [9.17, 15) is 28.1 Å². The molecule has 0 saturated carbocycles. The van der Waals surface area contributed by atoms with Crippen molar-refractivity contribution < 1.29 is 22.9 Å². The second kappa shape index (κ2) is 5.08. The number of nitrogens with one attached hydrogen (secondary N) is 1. The van der Waals surface area contributed by atoms with Crippen LogP contribution in [0.3, 0.4) is 0 Å². The number of hydrogen-bond donors (Lipinski definition) is 1. The van der Waals surface area contributed by atoms with Gasteiger partial charge in [0.2, 0.25) is 5.91 Å². The number of carbonyl (C=O) groups excluding carboxylic acids is 1. The normalized spacial score (nSPS) is 17.9. The Morgan fingerprint density at radius 3 is 2.30 bits per heavy atom. The van der Waals surface area contributed by atoms with Crippen LogP contribution in [0, 0.1) is 10.1 Å². The predicted molar refractivity (Wildman–Crippen MR) is 61.4 cm³/mol. The summed E-state index contributed by atoms with van der Waals surface area (Å²) >= 11 is 0. The van der Waals surface area contributed by atoms with Gasteiger partial charge >= 0.3 is 6.18 Å². The number of carbonyl (C=O) groups is 1. The molecule has 0 bridgehead atoms. The van der Waals surface area contributed by atoms with E-state index in [1.54, 1.807) is 0 Å². The maximum atomic E-state index is 13.1. The number of amides is 1. The number of nitro groups is 1. The van der Waals surface area contributed by atoms with E-state index in [0.717, 1.165) is 29.3 Å². The van der Waals surface area contributed by atoms with Gasteiger partial charge in [-0.05, 0) is 5.56 Å². The molecule has 0 spiro atoms. The number of rotatable bonds is 3. The van der Waals surface area contributed by atoms with Crippen LogP contribution in [-0.4, -0.2) is 28.6 Å². The first kappa shape index (κ1) is 14.3. The Labute approximate surface area is 111 Å². The van der Waals surface area contributed by atoms with E-state index in [1.807, 2.05) is 0 Å². The van der Waals surface area contributed by atoms with E-state index in [-0.39, 0.29) is 24.2 Å². The van der Waals surface area contributed by atoms with Gasteiger partial charge in [-0.1, -0.05) is 12.1 Å². The molecule has 1 amide bonds. The highest BCUT2D eigenvalue weighted by Gasteiger charge is 2.46. The third-order valence-corrected chi connectivity index (χ3v) is 2.89. The summed E-state index contributed by atoms with van der Waals surface area (Å²) in [5, 5.41) is 11.3. The minimum atomic E-state index is -4.60. The molecular weight excluding hydrogens is 279 g/mol. The van der Waals surface area contributed by atoms with Crippen molar-refractivity contribution in [2.75, 3.05) is 6.54 Å². The highest BCUT2D eigenvalue weighted by Crippen LogP contribution is 2.38. The lowest BCUT2D eigenvalue weighted by atomic mass is 10.1. The third-order valence-electron chi connectivity index (χ3n) is 2.89. The summed E-state index contributed by atoms with van der Waals surface area (Å²) in [4.78, 5) is 20.9. The van der Waals surface area contributed by atoms with Gasteiger partial charge < -0.3 is 0 Å². The van der Waals surface area contributed by atoms with Crippen molar-refractivity contribution in [1.29, 1.82) is 0 Å². The first-order chi connectivity index (χ1) is 9.29. The lowest BCUT2D eigenvalue weighted by molar-refractivity contribution is -0.384. The Morgan fingerprint density at radius 1 is 1.30 bits per heavy atom. The molecular formula is C11H10F3N3O3. The zero-order valence-corrected chi connectivity index (χ0v) is 10.1. The van der Waals surface area contributed by atoms with Crippen molar-refractivity contribution >= 4 is 11.6 Å². The zero-order valence-electron chi connectivity index (χ0n) is 10.1. The minimum Gasteiger partial charge on any atom is -0.288 e. The van der Waals surface area contributed by atoms with Gasteiger partial charge in [-0.2, -0.15) is 13.2 Å². The van der Waals surface area contributed by atoms with Gasteiger partial charge in [0.15, 0.2) is 0 Å². The van der Waals surface area contributed by atoms with E-state index >= 15 is 0 Å². The molecule has 1 atom stereocenters. The fourth-order valence-corrected chi connectivity index (χ4v) is 2.01. The number of benzene rings is 1. The summed E-state index contributed by atoms with van der Waals surface area (Å²) in [7, 11) is 0. The number of nitrogens with zero attached hydrogens (tertiary/aromatic N) is 2. The smallest absolute Gasteiger partial charge is 0.288 e. The molecule has 1 aromatic rings. The molecule has 108 valence electrons. The summed E-state index contributed by atoms with van der Waals surface area (Å²) in [6.07, 6.45) is -4.62. The van der Waals surface area contributed by atoms with E-state index < -0.39 is 23.0 Å². The highest BCUT2D eigenvalue weighted by atomic mass is 19.4. The van der Waals surface area contributed by atoms with Gasteiger partial charge in [0.05, 0.1) is 4.92 Å². The first-order valence-corrected chi connectivity index (χ1v) is 5.66. The van der Waals surface area contributed by atoms with E-state index in [4.69, 9.17) is 0 Å². The maximum Gasteiger partial charge on any atom is 0.409 e. The van der Waals surface area contributed by atoms with Gasteiger partial charge in [-0.15, -0.1) is 0 Å². The molecule has 20 heavy (non-hydrogen) atoms. The van der Waals surface area contributed by atoms with Crippen molar-refractivity contribution in [1.82, 2.24) is 10.4 Å². The molecule has 0 aromatic heterocycles. The Balaban J connectivity index is 2.32. The monoisotopic (exact) mass is 289 g/mol. The number of halogens is 3. The number of hydrogen-bond acceptors (Lipinski definition) is 4. The van der Waals surface area contributed by atoms with Crippen LogP contribution in [0.5, 0.6) is 0 Å². The van der Waals surface area contributed by atoms with Gasteiger partial charge in [0.25, 0.3) is 5.69 Å². The van der Waals surface area contributed by atoms with Crippen molar-refractivity contribution in [2.24, 2.45) is 0 Å². The van der Waals surface area contributed by atoms with E-state index in [2.05, 4.69) is 5.43 Å². The molecule has 1 saturated heterocycles. The van der Waals surface area contributed by atoms with Crippen LogP contribution in [0.1, 0.15) is 18.0 Å². The summed E-state index contributed by atoms with van der Waals surface area (Å²) < 4.78 is 39.4. The van der Waals surface area contributed by atoms with Crippen molar-refractivity contribution in [2.45, 2.75) is 18.6 Å². The Morgan fingerprint density at radius 2 is 1.90 bits per heavy atom. The molecule has 1 aromatic carbocycles. The van der Waals surface area contributed by atoms with E-state index in [0.29, 0.717) is 0 Å². The van der Waals surface area contributed by atoms with Crippen LogP contribution in [0.2, 0.25) is 0 Å². The van der Waals surface area contributed by atoms with Crippen molar-refractivity contribution in [3.05, 3.63) is 39.9 Å². The Bertz CT molecular complexity index is 530. The maximum absolute atomic E-state index is 13.1. The van der Waals surface area contributed by atoms with Gasteiger partial charge in [-0.3, -0.25) is 20.3 Å². The molecule has 1 unspecified atom stereocenters. The molecule has 1 N–H and O–H groups in total. The molecule has 1 aliphatic heterocycles. The van der Waals surface area contributed by atoms with Crippen molar-refractivity contribution in [3.8, 4) is 0 Å². The van der Waals surface area contributed by atoms with Gasteiger partial charge in [0.1, 0.15) is 6.04 Å². The van der Waals surface area contributed by atoms with E-state index in [1.165, 1.54) is 0 Å². The predicted octanol–water partition coefficient (Wildman–Crippen LogP) is 1.94. The van der Waals surface area contributed by atoms with Crippen LogP contribution >= 0.6 is 0 Å². The molecule has 1 aliphatic rings. The third kappa shape index (κ3) is 2.87. The average Bonchev–Trinajstić information content (AvgIpc) is 2.74. The molecule has 1 fully saturated rings. The largest absolute Gasteiger partial charge is 0.409 e. The van der Waals surface area contributed by atoms with Crippen LogP contribution < -0.4 is 5.43 Å². The topological polar surface area (TPSA) is 75.5 Å². The molecule has 6 nitrogen and oxygen atoms in total. The van der Waals surface area contributed by atoms with Crippen LogP contribution in [-0.2, 0) is 4.79 Å². The zero-order chi connectivity index (χ0) is 14.9. The number of nitro benzene ring substituents is 1. The fraction of sp³-hybridized carbons (Fsp3) is 0.364. The lowest BCUT2D eigenvalue weighted by Gasteiger charge is -2.29. The Kier molecular flexibility index (Phi) is 3.62. The molecule has 9 heteroatoms. The molecule has 1 heterocycles. The second-order valence-corrected chi connectivity index (χ2v) is 4.27. The first-order valence-electron chi connectivity index (χ1n) is 5.66. The standard InChI is InChI=1S/C11H10F3N3O3/c12-11(13,14)10(16-6-5-9(18)15-16)7-1-3-8(4-2-7)17(19)20/h1-4,10H,5-6H2,(H,15,18). The Hall–Kier alpha value is -2.16. The number of alkyl halides is 3. The minimum absolute atomic E-state index is 0.0143. The average molecular weight is 289 g/mol. The van der Waals surface area contributed by atoms with Crippen LogP contribution in [0.25, 0.3) is 0 Å². The van der Waals surface area contributed by atoms with Gasteiger partial charge in [-0.25, -0.2) is 5.01 Å². The van der Waals surface area contributed by atoms with Gasteiger partial charge in [0, 0.05) is 25.1 Å². The van der Waals surface area contributed by atoms with Crippen LogP contribution in [0.15, 0.2) is 24.3 Å². The summed E-state index contributed by atoms with van der Waals surface area (Å²) in [6.45, 7) is -0.0694. The highest BCUT2D eigenvalue weighted by molar-refractivity contribution is 5.77.